The molecule has 0 aliphatic heterocycles. The number of hydrogen-bond donors (Lipinski definition) is 10. The van der Waals surface area contributed by atoms with E-state index in [1.807, 2.05) is 6.92 Å². The van der Waals surface area contributed by atoms with E-state index in [-0.39, 0.29) is 56.6 Å². The molecule has 41 heavy (non-hydrogen) atoms. The van der Waals surface area contributed by atoms with Crippen LogP contribution >= 0.6 is 0 Å². The SMILES string of the molecule is CCC(C)C(NC(=O)C(N)Cc1cnc[nH]1)C(=O)NC(CCCN=C(N)N)C(=O)NC(CCCN=C(N)N)C(=O)O. The Kier molecular flexibility index (Phi) is 15.2. The molecule has 0 radical (unpaired) electrons. The maximum absolute atomic E-state index is 13.4. The van der Waals surface area contributed by atoms with Crippen LogP contribution in [0.3, 0.4) is 0 Å². The third-order valence-corrected chi connectivity index (χ3v) is 6.26. The van der Waals surface area contributed by atoms with E-state index >= 15 is 0 Å². The van der Waals surface area contributed by atoms with E-state index in [4.69, 9.17) is 28.7 Å². The summed E-state index contributed by atoms with van der Waals surface area (Å²) in [6, 6.07) is -4.36. The number of aromatic amines is 1. The molecule has 0 spiro atoms. The molecular weight excluding hydrogens is 536 g/mol. The maximum Gasteiger partial charge on any atom is 0.326 e. The molecule has 1 aromatic rings. The number of rotatable bonds is 19. The number of carboxylic acid groups (broad SMARTS) is 1. The Labute approximate surface area is 238 Å². The minimum absolute atomic E-state index is 0.0479. The predicted octanol–water partition coefficient (Wildman–Crippen LogP) is -3.03. The highest BCUT2D eigenvalue weighted by Gasteiger charge is 2.32. The number of hydrogen-bond acceptors (Lipinski definition) is 8. The van der Waals surface area contributed by atoms with Crippen molar-refractivity contribution in [2.75, 3.05) is 13.1 Å². The average molecular weight is 581 g/mol. The zero-order valence-corrected chi connectivity index (χ0v) is 23.5. The second-order valence-electron chi connectivity index (χ2n) is 9.62. The molecule has 0 aliphatic rings. The van der Waals surface area contributed by atoms with Crippen molar-refractivity contribution in [3.8, 4) is 0 Å². The fourth-order valence-electron chi connectivity index (χ4n) is 3.76. The highest BCUT2D eigenvalue weighted by atomic mass is 16.4. The first-order chi connectivity index (χ1) is 19.3. The van der Waals surface area contributed by atoms with Gasteiger partial charge in [0.15, 0.2) is 11.9 Å². The predicted molar refractivity (Wildman–Crippen MR) is 153 cm³/mol. The van der Waals surface area contributed by atoms with Gasteiger partial charge in [0.1, 0.15) is 18.1 Å². The summed E-state index contributed by atoms with van der Waals surface area (Å²) >= 11 is 0. The van der Waals surface area contributed by atoms with E-state index in [0.717, 1.165) is 0 Å². The van der Waals surface area contributed by atoms with Crippen LogP contribution in [-0.2, 0) is 25.6 Å². The van der Waals surface area contributed by atoms with Gasteiger partial charge < -0.3 is 54.7 Å². The maximum atomic E-state index is 13.4. The van der Waals surface area contributed by atoms with Crippen LogP contribution in [0, 0.1) is 5.92 Å². The molecule has 0 saturated carbocycles. The van der Waals surface area contributed by atoms with Crippen LogP contribution in [0.15, 0.2) is 22.5 Å². The second kappa shape index (κ2) is 18.0. The molecule has 0 fully saturated rings. The summed E-state index contributed by atoms with van der Waals surface area (Å²) in [7, 11) is 0. The lowest BCUT2D eigenvalue weighted by Crippen LogP contribution is -2.58. The van der Waals surface area contributed by atoms with E-state index in [9.17, 15) is 24.3 Å². The Morgan fingerprint density at radius 2 is 1.49 bits per heavy atom. The summed E-state index contributed by atoms with van der Waals surface area (Å²) in [6.45, 7) is 3.98. The molecule has 1 aromatic heterocycles. The molecule has 0 saturated heterocycles. The molecule has 1 rings (SSSR count). The van der Waals surface area contributed by atoms with Gasteiger partial charge in [0, 0.05) is 31.4 Å². The van der Waals surface area contributed by atoms with Gasteiger partial charge in [-0.3, -0.25) is 24.4 Å². The number of nitrogens with zero attached hydrogens (tertiary/aromatic N) is 3. The smallest absolute Gasteiger partial charge is 0.326 e. The number of H-pyrrole nitrogens is 1. The van der Waals surface area contributed by atoms with Gasteiger partial charge in [-0.2, -0.15) is 0 Å². The molecule has 5 unspecified atom stereocenters. The van der Waals surface area contributed by atoms with Crippen LogP contribution in [-0.4, -0.2) is 87.9 Å². The number of carbonyl (C=O) groups is 4. The van der Waals surface area contributed by atoms with E-state index in [1.54, 1.807) is 13.1 Å². The topological polar surface area (TPSA) is 308 Å². The van der Waals surface area contributed by atoms with E-state index < -0.39 is 47.9 Å². The Balaban J connectivity index is 3.02. The van der Waals surface area contributed by atoms with Crippen molar-refractivity contribution in [2.24, 2.45) is 44.6 Å². The molecule has 1 heterocycles. The van der Waals surface area contributed by atoms with Crippen LogP contribution in [0.2, 0.25) is 0 Å². The number of imidazole rings is 1. The molecule has 0 bridgehead atoms. The number of carbonyl (C=O) groups excluding carboxylic acids is 3. The molecule has 17 heteroatoms. The highest BCUT2D eigenvalue weighted by molar-refractivity contribution is 5.94. The van der Waals surface area contributed by atoms with Gasteiger partial charge in [0.05, 0.1) is 12.4 Å². The number of nitrogens with two attached hydrogens (primary N) is 5. The zero-order chi connectivity index (χ0) is 30.9. The van der Waals surface area contributed by atoms with Crippen molar-refractivity contribution in [1.29, 1.82) is 0 Å². The fourth-order valence-corrected chi connectivity index (χ4v) is 3.76. The minimum Gasteiger partial charge on any atom is -0.480 e. The number of aromatic nitrogens is 2. The Morgan fingerprint density at radius 1 is 0.927 bits per heavy atom. The number of guanidine groups is 2. The van der Waals surface area contributed by atoms with Gasteiger partial charge in [-0.25, -0.2) is 9.78 Å². The molecular formula is C24H44N12O5. The van der Waals surface area contributed by atoms with Crippen molar-refractivity contribution in [3.63, 3.8) is 0 Å². The first-order valence-electron chi connectivity index (χ1n) is 13.3. The third kappa shape index (κ3) is 13.5. The minimum atomic E-state index is -1.26. The molecule has 15 N–H and O–H groups in total. The third-order valence-electron chi connectivity index (χ3n) is 6.26. The Morgan fingerprint density at radius 3 is 1.98 bits per heavy atom. The van der Waals surface area contributed by atoms with Crippen molar-refractivity contribution in [2.45, 2.75) is 76.5 Å². The zero-order valence-electron chi connectivity index (χ0n) is 23.5. The summed E-state index contributed by atoms with van der Waals surface area (Å²) in [6.07, 6.45) is 4.45. The monoisotopic (exact) mass is 580 g/mol. The lowest BCUT2D eigenvalue weighted by Gasteiger charge is -2.28. The molecule has 230 valence electrons. The van der Waals surface area contributed by atoms with E-state index in [0.29, 0.717) is 18.5 Å². The van der Waals surface area contributed by atoms with Crippen molar-refractivity contribution in [3.05, 3.63) is 18.2 Å². The highest BCUT2D eigenvalue weighted by Crippen LogP contribution is 2.11. The second-order valence-corrected chi connectivity index (χ2v) is 9.62. The largest absolute Gasteiger partial charge is 0.480 e. The van der Waals surface area contributed by atoms with Gasteiger partial charge >= 0.3 is 5.97 Å². The summed E-state index contributed by atoms with van der Waals surface area (Å²) in [5, 5.41) is 17.4. The van der Waals surface area contributed by atoms with Gasteiger partial charge in [-0.15, -0.1) is 0 Å². The van der Waals surface area contributed by atoms with E-state index in [1.165, 1.54) is 6.33 Å². The van der Waals surface area contributed by atoms with Crippen LogP contribution < -0.4 is 44.6 Å². The lowest BCUT2D eigenvalue weighted by molar-refractivity contribution is -0.142. The Bertz CT molecular complexity index is 1040. The number of aliphatic carboxylic acids is 1. The summed E-state index contributed by atoms with van der Waals surface area (Å²) in [5.41, 5.74) is 28.0. The Hall–Kier alpha value is -4.41. The number of aliphatic imine (C=N–C) groups is 2. The number of amides is 3. The van der Waals surface area contributed by atoms with Crippen molar-refractivity contribution >= 4 is 35.6 Å². The summed E-state index contributed by atoms with van der Waals surface area (Å²) in [5.74, 6) is -3.73. The molecule has 0 aliphatic carbocycles. The summed E-state index contributed by atoms with van der Waals surface area (Å²) < 4.78 is 0. The molecule has 5 atom stereocenters. The first kappa shape index (κ1) is 34.6. The van der Waals surface area contributed by atoms with Gasteiger partial charge in [0.25, 0.3) is 0 Å². The normalized spacial score (nSPS) is 14.4. The quantitative estimate of drug-likeness (QED) is 0.0445. The summed E-state index contributed by atoms with van der Waals surface area (Å²) in [4.78, 5) is 65.6. The van der Waals surface area contributed by atoms with E-state index in [2.05, 4.69) is 35.9 Å². The van der Waals surface area contributed by atoms with Gasteiger partial charge in [0.2, 0.25) is 17.7 Å². The van der Waals surface area contributed by atoms with Crippen LogP contribution in [0.1, 0.15) is 51.6 Å². The van der Waals surface area contributed by atoms with Gasteiger partial charge in [-0.05, 0) is 31.6 Å². The number of carboxylic acids is 1. The lowest BCUT2D eigenvalue weighted by atomic mass is 9.96. The molecule has 3 amide bonds. The van der Waals surface area contributed by atoms with Crippen LogP contribution in [0.4, 0.5) is 0 Å². The standard InChI is InChI=1S/C24H44N12O5/c1-3-13(2)18(36-19(37)15(25)10-14-11-30-12-33-14)21(39)34-16(6-4-8-31-23(26)27)20(38)35-17(22(40)41)7-5-9-32-24(28)29/h11-13,15-18H,3-10,25H2,1-2H3,(H,30,33)(H,34,39)(H,35,38)(H,36,37)(H,40,41)(H4,26,27,31)(H4,28,29,32). The van der Waals surface area contributed by atoms with Crippen molar-refractivity contribution in [1.82, 2.24) is 25.9 Å². The first-order valence-corrected chi connectivity index (χ1v) is 13.3. The average Bonchev–Trinajstić information content (AvgIpc) is 3.42. The molecule has 0 aromatic carbocycles. The fraction of sp³-hybridized carbons (Fsp3) is 0.625. The van der Waals surface area contributed by atoms with Crippen molar-refractivity contribution < 1.29 is 24.3 Å². The number of nitrogens with one attached hydrogen (secondary N) is 4. The van der Waals surface area contributed by atoms with Crippen LogP contribution in [0.25, 0.3) is 0 Å². The molecule has 17 nitrogen and oxygen atoms in total. The van der Waals surface area contributed by atoms with Gasteiger partial charge in [-0.1, -0.05) is 20.3 Å². The van der Waals surface area contributed by atoms with Crippen LogP contribution in [0.5, 0.6) is 0 Å².